The Balaban J connectivity index is 1.47. The number of carbonyl (C=O) groups is 1. The normalized spacial score (nSPS) is 28.7. The molecule has 2 aliphatic rings. The minimum Gasteiger partial charge on any atom is -0.465 e. The van der Waals surface area contributed by atoms with Crippen molar-refractivity contribution in [2.45, 2.75) is 38.0 Å². The highest BCUT2D eigenvalue weighted by Gasteiger charge is 2.33. The molecule has 0 aliphatic carbocycles. The average Bonchev–Trinajstić information content (AvgIpc) is 3.21. The third kappa shape index (κ3) is 4.52. The van der Waals surface area contributed by atoms with E-state index >= 15 is 0 Å². The third-order valence-corrected chi connectivity index (χ3v) is 5.70. The van der Waals surface area contributed by atoms with Crippen LogP contribution in [0.3, 0.4) is 0 Å². The van der Waals surface area contributed by atoms with E-state index in [4.69, 9.17) is 4.74 Å². The van der Waals surface area contributed by atoms with Crippen LogP contribution in [0.2, 0.25) is 0 Å². The van der Waals surface area contributed by atoms with Crippen LogP contribution in [0.25, 0.3) is 0 Å². The second kappa shape index (κ2) is 7.73. The number of thiophene rings is 1. The molecule has 2 aliphatic heterocycles. The molecule has 0 aromatic carbocycles. The second-order valence-corrected chi connectivity index (χ2v) is 7.73. The molecule has 1 aromatic heterocycles. The fourth-order valence-electron chi connectivity index (χ4n) is 3.54. The van der Waals surface area contributed by atoms with Crippen molar-refractivity contribution in [2.24, 2.45) is 5.92 Å². The molecule has 128 valence electrons. The van der Waals surface area contributed by atoms with Gasteiger partial charge in [0.1, 0.15) is 6.17 Å². The minimum atomic E-state index is -0.724. The van der Waals surface area contributed by atoms with Gasteiger partial charge in [0.05, 0.1) is 12.5 Å². The number of carbonyl (C=O) groups excluding carboxylic acids is 1. The lowest BCUT2D eigenvalue weighted by molar-refractivity contribution is -0.141. The molecule has 2 fully saturated rings. The van der Waals surface area contributed by atoms with Crippen LogP contribution in [-0.2, 0) is 16.1 Å². The molecule has 1 aromatic rings. The SMILES string of the molecule is CN(CC[C@@H]1CCOC1=O)C[C@@H]1C[C@H](F)CN1Cc1cccs1. The molecule has 0 radical (unpaired) electrons. The summed E-state index contributed by atoms with van der Waals surface area (Å²) >= 11 is 1.73. The molecule has 4 nitrogen and oxygen atoms in total. The van der Waals surface area contributed by atoms with Crippen molar-refractivity contribution in [3.8, 4) is 0 Å². The number of esters is 1. The number of likely N-dealkylation sites (tertiary alicyclic amines) is 1. The Morgan fingerprint density at radius 1 is 1.52 bits per heavy atom. The van der Waals surface area contributed by atoms with Gasteiger partial charge >= 0.3 is 5.97 Å². The number of ether oxygens (including phenoxy) is 1. The number of alkyl halides is 1. The fourth-order valence-corrected chi connectivity index (χ4v) is 4.27. The van der Waals surface area contributed by atoms with Crippen LogP contribution in [-0.4, -0.2) is 61.3 Å². The van der Waals surface area contributed by atoms with Crippen LogP contribution >= 0.6 is 11.3 Å². The highest BCUT2D eigenvalue weighted by molar-refractivity contribution is 7.09. The number of hydrogen-bond acceptors (Lipinski definition) is 5. The number of rotatable bonds is 7. The van der Waals surface area contributed by atoms with Gasteiger partial charge in [-0.25, -0.2) is 4.39 Å². The number of cyclic esters (lactones) is 1. The van der Waals surface area contributed by atoms with Gasteiger partial charge in [0.15, 0.2) is 0 Å². The first-order chi connectivity index (χ1) is 11.1. The molecule has 23 heavy (non-hydrogen) atoms. The van der Waals surface area contributed by atoms with Gasteiger partial charge in [-0.05, 0) is 44.3 Å². The van der Waals surface area contributed by atoms with Crippen molar-refractivity contribution in [1.82, 2.24) is 9.80 Å². The van der Waals surface area contributed by atoms with Gasteiger partial charge in [-0.2, -0.15) is 0 Å². The Bertz CT molecular complexity index is 511. The quantitative estimate of drug-likeness (QED) is 0.714. The standard InChI is InChI=1S/C17H25FN2O2S/c1-19(6-4-13-5-7-22-17(13)21)11-15-9-14(18)10-20(15)12-16-3-2-8-23-16/h2-3,8,13-15H,4-7,9-12H2,1H3/t13-,14+,15+/m1/s1. The summed E-state index contributed by atoms with van der Waals surface area (Å²) in [5.74, 6) is -0.000385. The van der Waals surface area contributed by atoms with Crippen molar-refractivity contribution in [3.63, 3.8) is 0 Å². The molecule has 0 amide bonds. The zero-order chi connectivity index (χ0) is 16.2. The van der Waals surface area contributed by atoms with Crippen LogP contribution in [0.15, 0.2) is 17.5 Å². The summed E-state index contributed by atoms with van der Waals surface area (Å²) in [4.78, 5) is 17.3. The molecule has 0 bridgehead atoms. The second-order valence-electron chi connectivity index (χ2n) is 6.70. The van der Waals surface area contributed by atoms with Gasteiger partial charge in [0.25, 0.3) is 0 Å². The molecular weight excluding hydrogens is 315 g/mol. The zero-order valence-corrected chi connectivity index (χ0v) is 14.4. The topological polar surface area (TPSA) is 32.8 Å². The average molecular weight is 340 g/mol. The lowest BCUT2D eigenvalue weighted by Crippen LogP contribution is -2.39. The van der Waals surface area contributed by atoms with Gasteiger partial charge in [-0.3, -0.25) is 9.69 Å². The smallest absolute Gasteiger partial charge is 0.309 e. The van der Waals surface area contributed by atoms with E-state index in [2.05, 4.69) is 28.3 Å². The van der Waals surface area contributed by atoms with Gasteiger partial charge in [0.2, 0.25) is 0 Å². The van der Waals surface area contributed by atoms with Gasteiger partial charge in [0, 0.05) is 30.6 Å². The molecule has 0 saturated carbocycles. The van der Waals surface area contributed by atoms with Gasteiger partial charge < -0.3 is 9.64 Å². The number of halogens is 1. The predicted octanol–water partition coefficient (Wildman–Crippen LogP) is 2.55. The minimum absolute atomic E-state index is 0.0529. The van der Waals surface area contributed by atoms with E-state index in [1.807, 2.05) is 6.07 Å². The number of likely N-dealkylation sites (N-methyl/N-ethyl adjacent to an activating group) is 1. The van der Waals surface area contributed by atoms with E-state index in [-0.39, 0.29) is 17.9 Å². The molecule has 3 rings (SSSR count). The van der Waals surface area contributed by atoms with E-state index in [1.165, 1.54) is 4.88 Å². The molecule has 3 atom stereocenters. The van der Waals surface area contributed by atoms with Crippen molar-refractivity contribution < 1.29 is 13.9 Å². The van der Waals surface area contributed by atoms with Crippen LogP contribution in [0.1, 0.15) is 24.1 Å². The van der Waals surface area contributed by atoms with Crippen LogP contribution in [0, 0.1) is 5.92 Å². The molecule has 2 saturated heterocycles. The lowest BCUT2D eigenvalue weighted by Gasteiger charge is -2.28. The van der Waals surface area contributed by atoms with Gasteiger partial charge in [-0.1, -0.05) is 6.07 Å². The maximum atomic E-state index is 13.9. The highest BCUT2D eigenvalue weighted by atomic mass is 32.1. The Morgan fingerprint density at radius 3 is 3.09 bits per heavy atom. The Hall–Kier alpha value is -0.980. The summed E-state index contributed by atoms with van der Waals surface area (Å²) in [6, 6.07) is 4.42. The first kappa shape index (κ1) is 16.9. The molecular formula is C17H25FN2O2S. The maximum Gasteiger partial charge on any atom is 0.309 e. The molecule has 0 unspecified atom stereocenters. The van der Waals surface area contributed by atoms with Crippen LogP contribution < -0.4 is 0 Å². The Kier molecular flexibility index (Phi) is 5.67. The molecule has 3 heterocycles. The maximum absolute atomic E-state index is 13.9. The lowest BCUT2D eigenvalue weighted by atomic mass is 10.0. The van der Waals surface area contributed by atoms with Crippen molar-refractivity contribution >= 4 is 17.3 Å². The van der Waals surface area contributed by atoms with E-state index in [1.54, 1.807) is 11.3 Å². The largest absolute Gasteiger partial charge is 0.465 e. The summed E-state index contributed by atoms with van der Waals surface area (Å²) in [6.45, 7) is 3.65. The van der Waals surface area contributed by atoms with Crippen molar-refractivity contribution in [2.75, 3.05) is 33.3 Å². The third-order valence-electron chi connectivity index (χ3n) is 4.84. The van der Waals surface area contributed by atoms with E-state index in [0.717, 1.165) is 32.5 Å². The molecule has 0 N–H and O–H groups in total. The van der Waals surface area contributed by atoms with Crippen molar-refractivity contribution in [1.29, 1.82) is 0 Å². The number of nitrogens with zero attached hydrogens (tertiary/aromatic N) is 2. The molecule has 0 spiro atoms. The Morgan fingerprint density at radius 2 is 2.39 bits per heavy atom. The summed E-state index contributed by atoms with van der Waals surface area (Å²) in [7, 11) is 2.06. The van der Waals surface area contributed by atoms with Gasteiger partial charge in [-0.15, -0.1) is 11.3 Å². The van der Waals surface area contributed by atoms with Crippen LogP contribution in [0.5, 0.6) is 0 Å². The van der Waals surface area contributed by atoms with E-state index in [9.17, 15) is 9.18 Å². The van der Waals surface area contributed by atoms with Crippen LogP contribution in [0.4, 0.5) is 4.39 Å². The monoisotopic (exact) mass is 340 g/mol. The number of hydrogen-bond donors (Lipinski definition) is 0. The highest BCUT2D eigenvalue weighted by Crippen LogP contribution is 2.25. The summed E-state index contributed by atoms with van der Waals surface area (Å²) in [5.41, 5.74) is 0. The summed E-state index contributed by atoms with van der Waals surface area (Å²) in [5, 5.41) is 2.07. The summed E-state index contributed by atoms with van der Waals surface area (Å²) < 4.78 is 18.9. The summed E-state index contributed by atoms with van der Waals surface area (Å²) in [6.07, 6.45) is 1.57. The fraction of sp³-hybridized carbons (Fsp3) is 0.706. The predicted molar refractivity (Wildman–Crippen MR) is 89.2 cm³/mol. The Labute approximate surface area is 141 Å². The zero-order valence-electron chi connectivity index (χ0n) is 13.6. The van der Waals surface area contributed by atoms with E-state index in [0.29, 0.717) is 19.6 Å². The van der Waals surface area contributed by atoms with Crippen molar-refractivity contribution in [3.05, 3.63) is 22.4 Å². The molecule has 6 heteroatoms. The van der Waals surface area contributed by atoms with E-state index < -0.39 is 6.17 Å². The first-order valence-electron chi connectivity index (χ1n) is 8.37. The first-order valence-corrected chi connectivity index (χ1v) is 9.25.